The predicted octanol–water partition coefficient (Wildman–Crippen LogP) is 3.05. The highest BCUT2D eigenvalue weighted by Gasteiger charge is 2.07. The number of nitrogens with one attached hydrogen (secondary N) is 2. The summed E-state index contributed by atoms with van der Waals surface area (Å²) < 4.78 is 0. The van der Waals surface area contributed by atoms with Crippen LogP contribution in [-0.4, -0.2) is 5.96 Å². The van der Waals surface area contributed by atoms with Crippen molar-refractivity contribution in [1.29, 1.82) is 0 Å². The first-order valence-corrected chi connectivity index (χ1v) is 6.93. The van der Waals surface area contributed by atoms with Crippen LogP contribution in [-0.2, 0) is 0 Å². The summed E-state index contributed by atoms with van der Waals surface area (Å²) in [5.74, 6) is 6.07. The summed E-state index contributed by atoms with van der Waals surface area (Å²) >= 11 is 1.75. The molecule has 0 radical (unpaired) electrons. The zero-order chi connectivity index (χ0) is 13.7. The lowest BCUT2D eigenvalue weighted by Crippen LogP contribution is -2.36. The minimum absolute atomic E-state index is 0.0703. The number of nitrogens with zero attached hydrogens (tertiary/aromatic N) is 1. The van der Waals surface area contributed by atoms with Crippen LogP contribution in [0.5, 0.6) is 0 Å². The smallest absolute Gasteiger partial charge is 0.210 e. The van der Waals surface area contributed by atoms with Crippen molar-refractivity contribution < 1.29 is 0 Å². The van der Waals surface area contributed by atoms with Gasteiger partial charge in [0.1, 0.15) is 0 Å². The van der Waals surface area contributed by atoms with Crippen LogP contribution in [0, 0.1) is 6.92 Å². The molecule has 1 aromatic heterocycles. The van der Waals surface area contributed by atoms with Crippen molar-refractivity contribution in [2.24, 2.45) is 10.8 Å². The summed E-state index contributed by atoms with van der Waals surface area (Å²) in [6.07, 6.45) is 0. The van der Waals surface area contributed by atoms with E-state index >= 15 is 0 Å². The second-order valence-electron chi connectivity index (χ2n) is 4.24. The zero-order valence-corrected chi connectivity index (χ0v) is 11.9. The molecule has 0 aliphatic carbocycles. The first-order valence-electron chi connectivity index (χ1n) is 6.12. The maximum absolute atomic E-state index is 5.51. The van der Waals surface area contributed by atoms with E-state index < -0.39 is 0 Å². The number of guanidine groups is 1. The van der Waals surface area contributed by atoms with Crippen LogP contribution in [0.4, 0.5) is 5.69 Å². The fourth-order valence-electron chi connectivity index (χ4n) is 1.70. The van der Waals surface area contributed by atoms with E-state index in [4.69, 9.17) is 5.84 Å². The highest BCUT2D eigenvalue weighted by Crippen LogP contribution is 2.25. The Labute approximate surface area is 117 Å². The lowest BCUT2D eigenvalue weighted by atomic mass is 10.3. The number of para-hydroxylation sites is 1. The molecule has 100 valence electrons. The Morgan fingerprint density at radius 3 is 2.53 bits per heavy atom. The molecule has 1 heterocycles. The van der Waals surface area contributed by atoms with Crippen molar-refractivity contribution in [3.05, 3.63) is 52.2 Å². The molecular weight excluding hydrogens is 256 g/mol. The summed E-state index contributed by atoms with van der Waals surface area (Å²) in [6, 6.07) is 14.1. The lowest BCUT2D eigenvalue weighted by Gasteiger charge is -2.11. The Bertz CT molecular complexity index is 548. The molecular formula is C14H18N4S. The van der Waals surface area contributed by atoms with Gasteiger partial charge in [0, 0.05) is 15.4 Å². The number of hydrazine groups is 1. The Balaban J connectivity index is 2.10. The molecule has 0 saturated carbocycles. The Morgan fingerprint density at radius 1 is 1.21 bits per heavy atom. The van der Waals surface area contributed by atoms with Gasteiger partial charge >= 0.3 is 0 Å². The van der Waals surface area contributed by atoms with Gasteiger partial charge in [-0.1, -0.05) is 18.2 Å². The molecule has 1 aromatic carbocycles. The molecule has 0 aliphatic rings. The van der Waals surface area contributed by atoms with Gasteiger partial charge in [-0.15, -0.1) is 11.3 Å². The first-order chi connectivity index (χ1) is 9.19. The van der Waals surface area contributed by atoms with E-state index in [1.54, 1.807) is 11.3 Å². The van der Waals surface area contributed by atoms with Crippen LogP contribution in [0.2, 0.25) is 0 Å². The second kappa shape index (κ2) is 6.36. The molecule has 4 nitrogen and oxygen atoms in total. The molecule has 4 N–H and O–H groups in total. The van der Waals surface area contributed by atoms with Gasteiger partial charge < -0.3 is 5.32 Å². The van der Waals surface area contributed by atoms with Crippen molar-refractivity contribution in [3.63, 3.8) is 0 Å². The van der Waals surface area contributed by atoms with Crippen LogP contribution >= 0.6 is 11.3 Å². The second-order valence-corrected chi connectivity index (χ2v) is 5.56. The fraction of sp³-hybridized carbons (Fsp3) is 0.214. The largest absolute Gasteiger partial charge is 0.325 e. The van der Waals surface area contributed by atoms with Gasteiger partial charge in [0.2, 0.25) is 5.96 Å². The average Bonchev–Trinajstić information content (AvgIpc) is 2.86. The van der Waals surface area contributed by atoms with Crippen LogP contribution in [0.25, 0.3) is 0 Å². The highest BCUT2D eigenvalue weighted by atomic mass is 32.1. The van der Waals surface area contributed by atoms with E-state index in [1.807, 2.05) is 30.3 Å². The molecule has 0 amide bonds. The van der Waals surface area contributed by atoms with Gasteiger partial charge in [0.15, 0.2) is 0 Å². The number of hydrogen-bond donors (Lipinski definition) is 3. The third kappa shape index (κ3) is 3.81. The third-order valence-corrected chi connectivity index (χ3v) is 3.84. The van der Waals surface area contributed by atoms with Gasteiger partial charge in [-0.25, -0.2) is 10.8 Å². The monoisotopic (exact) mass is 274 g/mol. The van der Waals surface area contributed by atoms with Crippen molar-refractivity contribution in [2.45, 2.75) is 19.9 Å². The maximum atomic E-state index is 5.51. The molecule has 2 rings (SSSR count). The van der Waals surface area contributed by atoms with Gasteiger partial charge in [-0.05, 0) is 38.1 Å². The van der Waals surface area contributed by atoms with Crippen LogP contribution in [0.1, 0.15) is 22.7 Å². The van der Waals surface area contributed by atoms with Crippen LogP contribution in [0.15, 0.2) is 47.5 Å². The normalized spacial score (nSPS) is 13.1. The Hall–Kier alpha value is -1.85. The van der Waals surface area contributed by atoms with Gasteiger partial charge in [0.25, 0.3) is 0 Å². The van der Waals surface area contributed by atoms with Crippen molar-refractivity contribution in [2.75, 3.05) is 5.32 Å². The van der Waals surface area contributed by atoms with Gasteiger partial charge in [-0.3, -0.25) is 5.43 Å². The molecule has 0 bridgehead atoms. The molecule has 1 atom stereocenters. The number of aryl methyl sites for hydroxylation is 1. The van der Waals surface area contributed by atoms with E-state index in [9.17, 15) is 0 Å². The number of anilines is 1. The molecule has 0 spiro atoms. The van der Waals surface area contributed by atoms with Gasteiger partial charge in [-0.2, -0.15) is 0 Å². The number of hydrogen-bond acceptors (Lipinski definition) is 3. The quantitative estimate of drug-likeness (QED) is 0.349. The minimum Gasteiger partial charge on any atom is -0.325 e. The molecule has 5 heteroatoms. The van der Waals surface area contributed by atoms with Crippen molar-refractivity contribution in [1.82, 2.24) is 5.43 Å². The summed E-state index contributed by atoms with van der Waals surface area (Å²) in [4.78, 5) is 7.06. The molecule has 0 aliphatic heterocycles. The Kier molecular flexibility index (Phi) is 4.54. The number of benzene rings is 1. The summed E-state index contributed by atoms with van der Waals surface area (Å²) in [5, 5.41) is 3.15. The first kappa shape index (κ1) is 13.6. The van der Waals surface area contributed by atoms with E-state index in [0.29, 0.717) is 5.96 Å². The third-order valence-electron chi connectivity index (χ3n) is 2.67. The van der Waals surface area contributed by atoms with Crippen LogP contribution < -0.4 is 16.6 Å². The average molecular weight is 274 g/mol. The standard InChI is InChI=1S/C14H18N4S/c1-10-8-9-13(19-10)11(2)16-14(18-15)17-12-6-4-3-5-7-12/h3-9,11H,15H2,1-2H3,(H2,16,17,18). The van der Waals surface area contributed by atoms with E-state index in [1.165, 1.54) is 9.75 Å². The number of rotatable bonds is 3. The predicted molar refractivity (Wildman–Crippen MR) is 82.3 cm³/mol. The highest BCUT2D eigenvalue weighted by molar-refractivity contribution is 7.12. The summed E-state index contributed by atoms with van der Waals surface area (Å²) in [6.45, 7) is 4.14. The molecule has 0 saturated heterocycles. The van der Waals surface area contributed by atoms with Crippen molar-refractivity contribution >= 4 is 23.0 Å². The number of nitrogens with two attached hydrogens (primary N) is 1. The molecule has 19 heavy (non-hydrogen) atoms. The lowest BCUT2D eigenvalue weighted by molar-refractivity contribution is 0.821. The Morgan fingerprint density at radius 2 is 1.95 bits per heavy atom. The molecule has 0 fully saturated rings. The molecule has 2 aromatic rings. The SMILES string of the molecule is Cc1ccc(C(C)N=C(NN)Nc2ccccc2)s1. The van der Waals surface area contributed by atoms with Crippen molar-refractivity contribution in [3.8, 4) is 0 Å². The topological polar surface area (TPSA) is 62.4 Å². The van der Waals surface area contributed by atoms with E-state index in [2.05, 4.69) is 41.7 Å². The molecule has 1 unspecified atom stereocenters. The zero-order valence-electron chi connectivity index (χ0n) is 11.1. The van der Waals surface area contributed by atoms with E-state index in [-0.39, 0.29) is 6.04 Å². The summed E-state index contributed by atoms with van der Waals surface area (Å²) in [5.41, 5.74) is 3.55. The summed E-state index contributed by atoms with van der Waals surface area (Å²) in [7, 11) is 0. The van der Waals surface area contributed by atoms with Crippen LogP contribution in [0.3, 0.4) is 0 Å². The number of aliphatic imine (C=N–C) groups is 1. The maximum Gasteiger partial charge on any atom is 0.210 e. The fourth-order valence-corrected chi connectivity index (χ4v) is 2.57. The number of thiophene rings is 1. The minimum atomic E-state index is 0.0703. The van der Waals surface area contributed by atoms with Gasteiger partial charge in [0.05, 0.1) is 6.04 Å². The van der Waals surface area contributed by atoms with E-state index in [0.717, 1.165) is 5.69 Å².